The van der Waals surface area contributed by atoms with Crippen LogP contribution in [0.4, 0.5) is 5.69 Å². The summed E-state index contributed by atoms with van der Waals surface area (Å²) in [6.07, 6.45) is 5.82. The first kappa shape index (κ1) is 13.2. The van der Waals surface area contributed by atoms with E-state index in [0.717, 1.165) is 30.8 Å². The molecule has 2 aromatic rings. The number of hydrogen-bond donors (Lipinski definition) is 1. The molecule has 0 aliphatic carbocycles. The van der Waals surface area contributed by atoms with Crippen LogP contribution in [-0.2, 0) is 4.74 Å². The maximum atomic E-state index is 5.78. The first-order valence-electron chi connectivity index (χ1n) is 7.14. The van der Waals surface area contributed by atoms with E-state index in [4.69, 9.17) is 4.74 Å². The van der Waals surface area contributed by atoms with Gasteiger partial charge in [-0.25, -0.2) is 4.68 Å². The predicted octanol–water partition coefficient (Wildman–Crippen LogP) is 3.24. The Labute approximate surface area is 119 Å². The lowest BCUT2D eigenvalue weighted by molar-refractivity contribution is -0.0553. The molecule has 0 saturated carbocycles. The van der Waals surface area contributed by atoms with Gasteiger partial charge in [-0.1, -0.05) is 12.1 Å². The molecule has 4 nitrogen and oxygen atoms in total. The Bertz CT molecular complexity index is 563. The van der Waals surface area contributed by atoms with Crippen LogP contribution in [0.2, 0.25) is 0 Å². The summed E-state index contributed by atoms with van der Waals surface area (Å²) in [4.78, 5) is 0. The minimum Gasteiger partial charge on any atom is -0.380 e. The highest BCUT2D eigenvalue weighted by Crippen LogP contribution is 2.28. The highest BCUT2D eigenvalue weighted by molar-refractivity contribution is 5.61. The van der Waals surface area contributed by atoms with Crippen LogP contribution >= 0.6 is 0 Å². The van der Waals surface area contributed by atoms with Crippen molar-refractivity contribution in [3.8, 4) is 5.69 Å². The van der Waals surface area contributed by atoms with Gasteiger partial charge >= 0.3 is 0 Å². The molecule has 4 heteroatoms. The van der Waals surface area contributed by atoms with Crippen LogP contribution in [0.1, 0.15) is 26.7 Å². The molecule has 0 amide bonds. The van der Waals surface area contributed by atoms with E-state index < -0.39 is 0 Å². The van der Waals surface area contributed by atoms with Gasteiger partial charge in [-0.2, -0.15) is 5.10 Å². The Morgan fingerprint density at radius 3 is 2.90 bits per heavy atom. The third-order valence-electron chi connectivity index (χ3n) is 3.71. The van der Waals surface area contributed by atoms with Crippen molar-refractivity contribution in [2.45, 2.75) is 38.3 Å². The Morgan fingerprint density at radius 1 is 1.30 bits per heavy atom. The second-order valence-electron chi connectivity index (χ2n) is 5.91. The van der Waals surface area contributed by atoms with Gasteiger partial charge in [0.05, 0.1) is 17.0 Å². The van der Waals surface area contributed by atoms with Crippen molar-refractivity contribution in [3.05, 3.63) is 42.7 Å². The topological polar surface area (TPSA) is 39.1 Å². The number of para-hydroxylation sites is 2. The molecule has 1 aliphatic rings. The van der Waals surface area contributed by atoms with Gasteiger partial charge in [0.2, 0.25) is 0 Å². The van der Waals surface area contributed by atoms with Crippen molar-refractivity contribution < 1.29 is 4.74 Å². The van der Waals surface area contributed by atoms with Crippen molar-refractivity contribution >= 4 is 5.69 Å². The summed E-state index contributed by atoms with van der Waals surface area (Å²) in [6.45, 7) is 5.12. The SMILES string of the molecule is CC1(C)CC(Nc2ccccc2-n2cccn2)CCO1. The summed E-state index contributed by atoms with van der Waals surface area (Å²) in [6, 6.07) is 10.7. The average Bonchev–Trinajstić information content (AvgIpc) is 2.92. The summed E-state index contributed by atoms with van der Waals surface area (Å²) in [5.41, 5.74) is 2.16. The van der Waals surface area contributed by atoms with Crippen molar-refractivity contribution in [2.24, 2.45) is 0 Å². The number of hydrogen-bond acceptors (Lipinski definition) is 3. The highest BCUT2D eigenvalue weighted by atomic mass is 16.5. The van der Waals surface area contributed by atoms with Gasteiger partial charge in [0.25, 0.3) is 0 Å². The maximum Gasteiger partial charge on any atom is 0.0876 e. The fourth-order valence-corrected chi connectivity index (χ4v) is 2.78. The van der Waals surface area contributed by atoms with Crippen LogP contribution < -0.4 is 5.32 Å². The van der Waals surface area contributed by atoms with E-state index in [2.05, 4.69) is 42.5 Å². The van der Waals surface area contributed by atoms with E-state index >= 15 is 0 Å². The number of rotatable bonds is 3. The Balaban J connectivity index is 1.81. The van der Waals surface area contributed by atoms with E-state index in [9.17, 15) is 0 Å². The van der Waals surface area contributed by atoms with Crippen LogP contribution in [0.5, 0.6) is 0 Å². The maximum absolute atomic E-state index is 5.78. The Kier molecular flexibility index (Phi) is 3.49. The summed E-state index contributed by atoms with van der Waals surface area (Å²) >= 11 is 0. The largest absolute Gasteiger partial charge is 0.380 e. The second-order valence-corrected chi connectivity index (χ2v) is 5.91. The molecule has 0 bridgehead atoms. The van der Waals surface area contributed by atoms with Crippen LogP contribution in [0.25, 0.3) is 5.69 Å². The molecule has 2 heterocycles. The summed E-state index contributed by atoms with van der Waals surface area (Å²) in [5, 5.41) is 7.97. The van der Waals surface area contributed by atoms with E-state index in [-0.39, 0.29) is 5.60 Å². The van der Waals surface area contributed by atoms with E-state index in [1.165, 1.54) is 0 Å². The summed E-state index contributed by atoms with van der Waals surface area (Å²) in [5.74, 6) is 0. The molecular formula is C16H21N3O. The van der Waals surface area contributed by atoms with Gasteiger partial charge < -0.3 is 10.1 Å². The van der Waals surface area contributed by atoms with Crippen molar-refractivity contribution in [3.63, 3.8) is 0 Å². The number of ether oxygens (including phenoxy) is 1. The summed E-state index contributed by atoms with van der Waals surface area (Å²) < 4.78 is 7.67. The molecule has 1 atom stereocenters. The van der Waals surface area contributed by atoms with Gasteiger partial charge in [-0.15, -0.1) is 0 Å². The second kappa shape index (κ2) is 5.29. The molecule has 1 unspecified atom stereocenters. The molecule has 1 aliphatic heterocycles. The Hall–Kier alpha value is -1.81. The van der Waals surface area contributed by atoms with Crippen molar-refractivity contribution in [1.29, 1.82) is 0 Å². The third kappa shape index (κ3) is 2.85. The predicted molar refractivity (Wildman–Crippen MR) is 80.2 cm³/mol. The fraction of sp³-hybridized carbons (Fsp3) is 0.438. The van der Waals surface area contributed by atoms with Crippen molar-refractivity contribution in [2.75, 3.05) is 11.9 Å². The molecule has 0 radical (unpaired) electrons. The fourth-order valence-electron chi connectivity index (χ4n) is 2.78. The van der Waals surface area contributed by atoms with Gasteiger partial charge in [0.1, 0.15) is 0 Å². The van der Waals surface area contributed by atoms with Gasteiger partial charge in [0, 0.05) is 25.0 Å². The lowest BCUT2D eigenvalue weighted by atomic mass is 9.93. The molecule has 1 aromatic carbocycles. The van der Waals surface area contributed by atoms with Crippen LogP contribution in [-0.4, -0.2) is 28.0 Å². The standard InChI is InChI=1S/C16H21N3O/c1-16(2)12-13(8-11-20-16)18-14-6-3-4-7-15(14)19-10-5-9-17-19/h3-7,9-10,13,18H,8,11-12H2,1-2H3. The number of nitrogens with zero attached hydrogens (tertiary/aromatic N) is 2. The smallest absolute Gasteiger partial charge is 0.0876 e. The number of anilines is 1. The summed E-state index contributed by atoms with van der Waals surface area (Å²) in [7, 11) is 0. The van der Waals surface area contributed by atoms with E-state index in [0.29, 0.717) is 6.04 Å². The minimum absolute atomic E-state index is 0.0451. The molecule has 1 saturated heterocycles. The molecule has 0 spiro atoms. The van der Waals surface area contributed by atoms with Crippen LogP contribution in [0.15, 0.2) is 42.7 Å². The number of aromatic nitrogens is 2. The average molecular weight is 271 g/mol. The zero-order valence-electron chi connectivity index (χ0n) is 12.0. The van der Waals surface area contributed by atoms with Gasteiger partial charge in [-0.05, 0) is 44.9 Å². The first-order valence-corrected chi connectivity index (χ1v) is 7.14. The normalized spacial score (nSPS) is 21.6. The van der Waals surface area contributed by atoms with E-state index in [1.807, 2.05) is 23.0 Å². The highest BCUT2D eigenvalue weighted by Gasteiger charge is 2.29. The molecule has 106 valence electrons. The lowest BCUT2D eigenvalue weighted by Gasteiger charge is -2.36. The zero-order valence-corrected chi connectivity index (χ0v) is 12.0. The zero-order chi connectivity index (χ0) is 14.0. The molecule has 1 aromatic heterocycles. The molecular weight excluding hydrogens is 250 g/mol. The van der Waals surface area contributed by atoms with Gasteiger partial charge in [-0.3, -0.25) is 0 Å². The number of benzene rings is 1. The number of nitrogens with one attached hydrogen (secondary N) is 1. The first-order chi connectivity index (χ1) is 9.64. The Morgan fingerprint density at radius 2 is 2.15 bits per heavy atom. The minimum atomic E-state index is -0.0451. The third-order valence-corrected chi connectivity index (χ3v) is 3.71. The molecule has 1 N–H and O–H groups in total. The lowest BCUT2D eigenvalue weighted by Crippen LogP contribution is -2.40. The molecule has 3 rings (SSSR count). The molecule has 1 fully saturated rings. The monoisotopic (exact) mass is 271 g/mol. The quantitative estimate of drug-likeness (QED) is 0.931. The van der Waals surface area contributed by atoms with Crippen LogP contribution in [0, 0.1) is 0 Å². The van der Waals surface area contributed by atoms with Crippen LogP contribution in [0.3, 0.4) is 0 Å². The van der Waals surface area contributed by atoms with Crippen molar-refractivity contribution in [1.82, 2.24) is 9.78 Å². The van der Waals surface area contributed by atoms with Gasteiger partial charge in [0.15, 0.2) is 0 Å². The molecule has 20 heavy (non-hydrogen) atoms. The van der Waals surface area contributed by atoms with E-state index in [1.54, 1.807) is 6.20 Å².